The highest BCUT2D eigenvalue weighted by Crippen LogP contribution is 2.20. The van der Waals surface area contributed by atoms with Crippen LogP contribution < -0.4 is 0 Å². The first-order chi connectivity index (χ1) is 10.3. The maximum absolute atomic E-state index is 12.1. The van der Waals surface area contributed by atoms with E-state index in [0.717, 1.165) is 31.8 Å². The van der Waals surface area contributed by atoms with Gasteiger partial charge in [0.15, 0.2) is 0 Å². The molecule has 1 atom stereocenters. The van der Waals surface area contributed by atoms with E-state index in [4.69, 9.17) is 4.74 Å². The second-order valence-electron chi connectivity index (χ2n) is 6.58. The third-order valence-electron chi connectivity index (χ3n) is 4.23. The van der Waals surface area contributed by atoms with Gasteiger partial charge in [0.2, 0.25) is 0 Å². The van der Waals surface area contributed by atoms with Crippen LogP contribution in [0.3, 0.4) is 0 Å². The summed E-state index contributed by atoms with van der Waals surface area (Å²) in [5.41, 5.74) is 0.406. The monoisotopic (exact) mass is 305 g/mol. The molecule has 2 aliphatic rings. The zero-order valence-corrected chi connectivity index (χ0v) is 14.3. The number of amides is 1. The van der Waals surface area contributed by atoms with Crippen LogP contribution in [0.5, 0.6) is 0 Å². The van der Waals surface area contributed by atoms with Crippen molar-refractivity contribution in [3.8, 4) is 0 Å². The van der Waals surface area contributed by atoms with Crippen LogP contribution in [-0.4, -0.2) is 60.4 Å². The third-order valence-corrected chi connectivity index (χ3v) is 4.23. The average molecular weight is 305 g/mol. The molecule has 22 heavy (non-hydrogen) atoms. The maximum atomic E-state index is 12.1. The van der Waals surface area contributed by atoms with E-state index in [1.165, 1.54) is 0 Å². The summed E-state index contributed by atoms with van der Waals surface area (Å²) < 4.78 is 6.10. The molecule has 0 aromatic rings. The lowest BCUT2D eigenvalue weighted by molar-refractivity contribution is -0.126. The quantitative estimate of drug-likeness (QED) is 0.800. The summed E-state index contributed by atoms with van der Waals surface area (Å²) in [5.74, 6) is 0.801. The lowest BCUT2D eigenvalue weighted by Gasteiger charge is -2.34. The van der Waals surface area contributed by atoms with E-state index in [-0.39, 0.29) is 17.6 Å². The normalized spacial score (nSPS) is 25.0. The van der Waals surface area contributed by atoms with Crippen LogP contribution in [0.4, 0.5) is 0 Å². The SMILES string of the molecule is CCC(C)(C)OC1C=CC(=NC2=CCCN(C)C2=O)N(C)C1. The van der Waals surface area contributed by atoms with Crippen molar-refractivity contribution < 1.29 is 9.53 Å². The first kappa shape index (κ1) is 16.7. The van der Waals surface area contributed by atoms with Gasteiger partial charge in [0.1, 0.15) is 11.5 Å². The van der Waals surface area contributed by atoms with Crippen LogP contribution in [0.2, 0.25) is 0 Å². The molecule has 122 valence electrons. The first-order valence-corrected chi connectivity index (χ1v) is 7.94. The molecule has 2 rings (SSSR count). The van der Waals surface area contributed by atoms with Gasteiger partial charge in [-0.3, -0.25) is 4.79 Å². The van der Waals surface area contributed by atoms with Gasteiger partial charge in [-0.2, -0.15) is 0 Å². The van der Waals surface area contributed by atoms with Crippen molar-refractivity contribution in [1.29, 1.82) is 0 Å². The molecule has 0 spiro atoms. The van der Waals surface area contributed by atoms with Crippen LogP contribution in [-0.2, 0) is 9.53 Å². The number of aliphatic imine (C=N–C) groups is 1. The predicted octanol–water partition coefficient (Wildman–Crippen LogP) is 2.21. The van der Waals surface area contributed by atoms with Crippen molar-refractivity contribution in [2.45, 2.75) is 45.3 Å². The number of likely N-dealkylation sites (N-methyl/N-ethyl adjacent to an activating group) is 2. The topological polar surface area (TPSA) is 45.1 Å². The molecule has 2 heterocycles. The Bertz CT molecular complexity index is 520. The Kier molecular flexibility index (Phi) is 5.06. The number of hydrogen-bond donors (Lipinski definition) is 0. The van der Waals surface area contributed by atoms with Crippen molar-refractivity contribution in [3.63, 3.8) is 0 Å². The standard InChI is InChI=1S/C17H27N3O2/c1-6-17(2,3)22-13-9-10-15(20(5)12-13)18-14-8-7-11-19(4)16(14)21/h8-10,13H,6-7,11-12H2,1-5H3. The molecule has 0 aromatic heterocycles. The van der Waals surface area contributed by atoms with Crippen molar-refractivity contribution in [2.75, 3.05) is 27.2 Å². The number of ether oxygens (including phenoxy) is 1. The van der Waals surface area contributed by atoms with E-state index >= 15 is 0 Å². The van der Waals surface area contributed by atoms with Gasteiger partial charge in [-0.05, 0) is 32.8 Å². The highest BCUT2D eigenvalue weighted by Gasteiger charge is 2.25. The molecule has 5 nitrogen and oxygen atoms in total. The summed E-state index contributed by atoms with van der Waals surface area (Å²) in [7, 11) is 3.79. The molecule has 1 amide bonds. The fourth-order valence-corrected chi connectivity index (χ4v) is 2.43. The molecule has 2 aliphatic heterocycles. The Morgan fingerprint density at radius 2 is 2.09 bits per heavy atom. The fraction of sp³-hybridized carbons (Fsp3) is 0.647. The lowest BCUT2D eigenvalue weighted by Crippen LogP contribution is -2.42. The molecular weight excluding hydrogens is 278 g/mol. The summed E-state index contributed by atoms with van der Waals surface area (Å²) in [6.07, 6.45) is 7.78. The van der Waals surface area contributed by atoms with Crippen LogP contribution in [0.25, 0.3) is 0 Å². The van der Waals surface area contributed by atoms with Crippen LogP contribution in [0, 0.1) is 0 Å². The Labute approximate surface area is 133 Å². The van der Waals surface area contributed by atoms with Gasteiger partial charge in [0.25, 0.3) is 5.91 Å². The number of rotatable bonds is 4. The van der Waals surface area contributed by atoms with Crippen LogP contribution >= 0.6 is 0 Å². The van der Waals surface area contributed by atoms with Gasteiger partial charge in [-0.25, -0.2) is 4.99 Å². The largest absolute Gasteiger partial charge is 0.366 e. The van der Waals surface area contributed by atoms with Gasteiger partial charge in [-0.15, -0.1) is 0 Å². The van der Waals surface area contributed by atoms with Gasteiger partial charge < -0.3 is 14.5 Å². The molecule has 0 fully saturated rings. The Balaban J connectivity index is 2.10. The van der Waals surface area contributed by atoms with Crippen molar-refractivity contribution in [3.05, 3.63) is 23.9 Å². The molecule has 0 aromatic carbocycles. The number of hydrogen-bond acceptors (Lipinski definition) is 3. The lowest BCUT2D eigenvalue weighted by atomic mass is 10.1. The van der Waals surface area contributed by atoms with E-state index < -0.39 is 0 Å². The van der Waals surface area contributed by atoms with Gasteiger partial charge in [0, 0.05) is 27.2 Å². The van der Waals surface area contributed by atoms with Crippen molar-refractivity contribution in [1.82, 2.24) is 9.80 Å². The highest BCUT2D eigenvalue weighted by molar-refractivity contribution is 6.01. The molecule has 0 saturated carbocycles. The van der Waals surface area contributed by atoms with E-state index in [1.807, 2.05) is 37.2 Å². The fourth-order valence-electron chi connectivity index (χ4n) is 2.43. The summed E-state index contributed by atoms with van der Waals surface area (Å²) in [6.45, 7) is 7.84. The smallest absolute Gasteiger partial charge is 0.271 e. The molecule has 0 aliphatic carbocycles. The average Bonchev–Trinajstić information content (AvgIpc) is 2.46. The summed E-state index contributed by atoms with van der Waals surface area (Å²) in [6, 6.07) is 0. The molecule has 1 unspecified atom stereocenters. The number of carbonyl (C=O) groups is 1. The summed E-state index contributed by atoms with van der Waals surface area (Å²) in [4.78, 5) is 20.4. The minimum Gasteiger partial charge on any atom is -0.366 e. The highest BCUT2D eigenvalue weighted by atomic mass is 16.5. The van der Waals surface area contributed by atoms with E-state index in [1.54, 1.807) is 4.90 Å². The molecule has 5 heteroatoms. The molecule has 0 radical (unpaired) electrons. The minimum absolute atomic E-state index is 0.00830. The van der Waals surface area contributed by atoms with Crippen molar-refractivity contribution in [2.24, 2.45) is 4.99 Å². The second-order valence-corrected chi connectivity index (χ2v) is 6.58. The van der Waals surface area contributed by atoms with Crippen LogP contribution in [0.15, 0.2) is 28.9 Å². The number of carbonyl (C=O) groups excluding carboxylic acids is 1. The predicted molar refractivity (Wildman–Crippen MR) is 88.8 cm³/mol. The Hall–Kier alpha value is -1.62. The summed E-state index contributed by atoms with van der Waals surface area (Å²) >= 11 is 0. The number of amidine groups is 1. The van der Waals surface area contributed by atoms with Crippen molar-refractivity contribution >= 4 is 11.7 Å². The van der Waals surface area contributed by atoms with E-state index in [2.05, 4.69) is 25.8 Å². The number of nitrogens with zero attached hydrogens (tertiary/aromatic N) is 3. The molecule has 0 saturated heterocycles. The van der Waals surface area contributed by atoms with Gasteiger partial charge in [0.05, 0.1) is 11.7 Å². The van der Waals surface area contributed by atoms with Gasteiger partial charge in [-0.1, -0.05) is 19.1 Å². The molecule has 0 N–H and O–H groups in total. The summed E-state index contributed by atoms with van der Waals surface area (Å²) in [5, 5.41) is 0. The van der Waals surface area contributed by atoms with Gasteiger partial charge >= 0.3 is 0 Å². The maximum Gasteiger partial charge on any atom is 0.271 e. The Morgan fingerprint density at radius 1 is 1.36 bits per heavy atom. The van der Waals surface area contributed by atoms with Crippen LogP contribution in [0.1, 0.15) is 33.6 Å². The zero-order chi connectivity index (χ0) is 16.3. The van der Waals surface area contributed by atoms with E-state index in [0.29, 0.717) is 5.70 Å². The van der Waals surface area contributed by atoms with E-state index in [9.17, 15) is 4.79 Å². The minimum atomic E-state index is -0.130. The molecule has 0 bridgehead atoms. The first-order valence-electron chi connectivity index (χ1n) is 7.94. The molecular formula is C17H27N3O2. The second kappa shape index (κ2) is 6.65. The zero-order valence-electron chi connectivity index (χ0n) is 14.3. The Morgan fingerprint density at radius 3 is 2.73 bits per heavy atom. The third kappa shape index (κ3) is 3.97.